The van der Waals surface area contributed by atoms with Crippen LogP contribution in [0.5, 0.6) is 0 Å². The molecule has 1 rings (SSSR count). The smallest absolute Gasteiger partial charge is 0.000216 e. The summed E-state index contributed by atoms with van der Waals surface area (Å²) in [5, 5.41) is 3.17. The summed E-state index contributed by atoms with van der Waals surface area (Å²) in [5.41, 5.74) is 0.689. The minimum Gasteiger partial charge on any atom is -0.319 e. The minimum atomic E-state index is 0.689. The molecule has 0 spiro atoms. The lowest BCUT2D eigenvalue weighted by atomic mass is 10.1. The Morgan fingerprint density at radius 2 is 2.14 bits per heavy atom. The maximum Gasteiger partial charge on any atom is 0.000216 e. The third kappa shape index (κ3) is 1.16. The Morgan fingerprint density at radius 3 is 2.29 bits per heavy atom. The normalized spacial score (nSPS) is 24.9. The molecule has 1 nitrogen and oxygen atoms in total. The zero-order valence-electron chi connectivity index (χ0n) is 5.12. The van der Waals surface area contributed by atoms with Gasteiger partial charge in [-0.25, -0.2) is 0 Å². The van der Waals surface area contributed by atoms with E-state index in [4.69, 9.17) is 0 Å². The van der Waals surface area contributed by atoms with Gasteiger partial charge in [-0.1, -0.05) is 6.92 Å². The van der Waals surface area contributed by atoms with Gasteiger partial charge >= 0.3 is 0 Å². The molecule has 0 atom stereocenters. The predicted molar refractivity (Wildman–Crippen MR) is 31.3 cm³/mol. The molecule has 1 aliphatic rings. The van der Waals surface area contributed by atoms with E-state index in [9.17, 15) is 0 Å². The van der Waals surface area contributed by atoms with E-state index in [2.05, 4.69) is 12.2 Å². The van der Waals surface area contributed by atoms with Crippen LogP contribution in [0, 0.1) is 5.41 Å². The fourth-order valence-electron chi connectivity index (χ4n) is 0.817. The average molecular weight is 99.2 g/mol. The molecule has 7 heavy (non-hydrogen) atoms. The van der Waals surface area contributed by atoms with Crippen LogP contribution in [0.2, 0.25) is 0 Å². The van der Waals surface area contributed by atoms with Crippen LogP contribution >= 0.6 is 0 Å². The second-order valence-corrected chi connectivity index (χ2v) is 2.84. The second kappa shape index (κ2) is 1.48. The minimum absolute atomic E-state index is 0.689. The van der Waals surface area contributed by atoms with Crippen LogP contribution in [0.1, 0.15) is 19.8 Å². The highest BCUT2D eigenvalue weighted by Gasteiger charge is 2.35. The summed E-state index contributed by atoms with van der Waals surface area (Å²) in [5.74, 6) is 0. The molecule has 1 aliphatic carbocycles. The van der Waals surface area contributed by atoms with E-state index < -0.39 is 0 Å². The molecular formula is C6H13N. The summed E-state index contributed by atoms with van der Waals surface area (Å²) < 4.78 is 0. The van der Waals surface area contributed by atoms with Crippen molar-refractivity contribution in [2.24, 2.45) is 5.41 Å². The molecule has 0 radical (unpaired) electrons. The number of nitrogens with one attached hydrogen (secondary N) is 1. The first-order chi connectivity index (χ1) is 3.27. The molecule has 0 aliphatic heterocycles. The summed E-state index contributed by atoms with van der Waals surface area (Å²) in [6.45, 7) is 3.52. The molecule has 0 bridgehead atoms. The summed E-state index contributed by atoms with van der Waals surface area (Å²) in [6.07, 6.45) is 2.85. The van der Waals surface area contributed by atoms with Crippen molar-refractivity contribution in [1.82, 2.24) is 5.32 Å². The van der Waals surface area contributed by atoms with E-state index in [-0.39, 0.29) is 0 Å². The highest BCUT2D eigenvalue weighted by atomic mass is 14.8. The van der Waals surface area contributed by atoms with E-state index in [0.29, 0.717) is 5.41 Å². The van der Waals surface area contributed by atoms with Gasteiger partial charge in [-0.15, -0.1) is 0 Å². The van der Waals surface area contributed by atoms with Gasteiger partial charge < -0.3 is 5.32 Å². The Bertz CT molecular complexity index is 64.6. The van der Waals surface area contributed by atoms with Gasteiger partial charge in [0.25, 0.3) is 0 Å². The highest BCUT2D eigenvalue weighted by Crippen LogP contribution is 2.43. The van der Waals surface area contributed by atoms with Crippen molar-refractivity contribution in [2.75, 3.05) is 13.6 Å². The third-order valence-electron chi connectivity index (χ3n) is 1.71. The maximum absolute atomic E-state index is 3.17. The van der Waals surface area contributed by atoms with E-state index >= 15 is 0 Å². The molecule has 1 N–H and O–H groups in total. The van der Waals surface area contributed by atoms with Crippen molar-refractivity contribution in [3.05, 3.63) is 0 Å². The summed E-state index contributed by atoms with van der Waals surface area (Å²) >= 11 is 0. The summed E-state index contributed by atoms with van der Waals surface area (Å²) in [4.78, 5) is 0. The number of hydrogen-bond donors (Lipinski definition) is 1. The molecule has 0 unspecified atom stereocenters. The van der Waals surface area contributed by atoms with Gasteiger partial charge in [0.2, 0.25) is 0 Å². The molecule has 42 valence electrons. The quantitative estimate of drug-likeness (QED) is 0.544. The van der Waals surface area contributed by atoms with Crippen molar-refractivity contribution in [3.63, 3.8) is 0 Å². The number of rotatable bonds is 2. The molecule has 0 aromatic carbocycles. The first-order valence-electron chi connectivity index (χ1n) is 2.91. The van der Waals surface area contributed by atoms with Crippen molar-refractivity contribution in [1.29, 1.82) is 0 Å². The molecule has 1 heteroatoms. The van der Waals surface area contributed by atoms with Crippen LogP contribution in [0.25, 0.3) is 0 Å². The van der Waals surface area contributed by atoms with E-state index in [1.165, 1.54) is 19.4 Å². The van der Waals surface area contributed by atoms with Gasteiger partial charge in [-0.05, 0) is 25.3 Å². The summed E-state index contributed by atoms with van der Waals surface area (Å²) in [7, 11) is 2.02. The number of hydrogen-bond acceptors (Lipinski definition) is 1. The SMILES string of the molecule is CNCC1(C)CC1. The summed E-state index contributed by atoms with van der Waals surface area (Å²) in [6, 6.07) is 0. The zero-order valence-corrected chi connectivity index (χ0v) is 5.12. The van der Waals surface area contributed by atoms with E-state index in [1.54, 1.807) is 0 Å². The first kappa shape index (κ1) is 5.10. The average Bonchev–Trinajstić information content (AvgIpc) is 2.22. The second-order valence-electron chi connectivity index (χ2n) is 2.84. The molecular weight excluding hydrogens is 86.1 g/mol. The van der Waals surface area contributed by atoms with Gasteiger partial charge in [-0.3, -0.25) is 0 Å². The van der Waals surface area contributed by atoms with Crippen LogP contribution in [0.15, 0.2) is 0 Å². The molecule has 0 aromatic heterocycles. The Labute approximate surface area is 45.1 Å². The Morgan fingerprint density at radius 1 is 1.57 bits per heavy atom. The molecule has 0 heterocycles. The van der Waals surface area contributed by atoms with Crippen molar-refractivity contribution >= 4 is 0 Å². The largest absolute Gasteiger partial charge is 0.319 e. The predicted octanol–water partition coefficient (Wildman–Crippen LogP) is 1.01. The Hall–Kier alpha value is -0.0400. The zero-order chi connectivity index (χ0) is 5.33. The van der Waals surface area contributed by atoms with Crippen LogP contribution in [0.4, 0.5) is 0 Å². The standard InChI is InChI=1S/C6H13N/c1-6(3-4-6)5-7-2/h7H,3-5H2,1-2H3. The molecule has 1 fully saturated rings. The first-order valence-corrected chi connectivity index (χ1v) is 2.91. The molecule has 0 saturated heterocycles. The van der Waals surface area contributed by atoms with E-state index in [0.717, 1.165) is 0 Å². The van der Waals surface area contributed by atoms with Crippen LogP contribution < -0.4 is 5.32 Å². The van der Waals surface area contributed by atoms with Gasteiger partial charge in [0, 0.05) is 6.54 Å². The van der Waals surface area contributed by atoms with Gasteiger partial charge in [0.1, 0.15) is 0 Å². The van der Waals surface area contributed by atoms with Crippen LogP contribution in [-0.4, -0.2) is 13.6 Å². The Kier molecular flexibility index (Phi) is 1.08. The van der Waals surface area contributed by atoms with Gasteiger partial charge in [-0.2, -0.15) is 0 Å². The lowest BCUT2D eigenvalue weighted by Crippen LogP contribution is -2.16. The van der Waals surface area contributed by atoms with Crippen LogP contribution in [0.3, 0.4) is 0 Å². The monoisotopic (exact) mass is 99.1 g/mol. The molecule has 0 amide bonds. The molecule has 0 aromatic rings. The Balaban J connectivity index is 2.13. The fourth-order valence-corrected chi connectivity index (χ4v) is 0.817. The lowest BCUT2D eigenvalue weighted by Gasteiger charge is -2.03. The van der Waals surface area contributed by atoms with Gasteiger partial charge in [0.15, 0.2) is 0 Å². The van der Waals surface area contributed by atoms with E-state index in [1.807, 2.05) is 7.05 Å². The van der Waals surface area contributed by atoms with Gasteiger partial charge in [0.05, 0.1) is 0 Å². The third-order valence-corrected chi connectivity index (χ3v) is 1.71. The molecule has 1 saturated carbocycles. The highest BCUT2D eigenvalue weighted by molar-refractivity contribution is 4.89. The van der Waals surface area contributed by atoms with Crippen molar-refractivity contribution in [3.8, 4) is 0 Å². The van der Waals surface area contributed by atoms with Crippen molar-refractivity contribution in [2.45, 2.75) is 19.8 Å². The fraction of sp³-hybridized carbons (Fsp3) is 1.00. The topological polar surface area (TPSA) is 12.0 Å². The lowest BCUT2D eigenvalue weighted by molar-refractivity contribution is 0.532. The maximum atomic E-state index is 3.17. The van der Waals surface area contributed by atoms with Crippen LogP contribution in [-0.2, 0) is 0 Å². The van der Waals surface area contributed by atoms with Crippen molar-refractivity contribution < 1.29 is 0 Å².